The van der Waals surface area contributed by atoms with E-state index in [1.165, 1.54) is 18.0 Å². The van der Waals surface area contributed by atoms with Gasteiger partial charge in [-0.25, -0.2) is 4.99 Å². The van der Waals surface area contributed by atoms with Gasteiger partial charge in [0.1, 0.15) is 22.2 Å². The highest BCUT2D eigenvalue weighted by Gasteiger charge is 2.37. The molecule has 2 aliphatic rings. The number of hydrazine groups is 1. The summed E-state index contributed by atoms with van der Waals surface area (Å²) in [5.41, 5.74) is 5.18. The van der Waals surface area contributed by atoms with Gasteiger partial charge in [0.15, 0.2) is 10.6 Å². The molecule has 0 radical (unpaired) electrons. The Morgan fingerprint density at radius 1 is 1.19 bits per heavy atom. The zero-order valence-corrected chi connectivity index (χ0v) is 16.1. The van der Waals surface area contributed by atoms with Crippen LogP contribution in [0, 0.1) is 0 Å². The van der Waals surface area contributed by atoms with Crippen LogP contribution in [-0.2, 0) is 0 Å². The average Bonchev–Trinajstić information content (AvgIpc) is 3.24. The van der Waals surface area contributed by atoms with Crippen molar-refractivity contribution in [1.82, 2.24) is 10.4 Å². The Hall–Kier alpha value is -2.35. The van der Waals surface area contributed by atoms with Crippen LogP contribution in [0.2, 0.25) is 5.02 Å². The van der Waals surface area contributed by atoms with Crippen molar-refractivity contribution < 1.29 is 4.42 Å². The minimum absolute atomic E-state index is 0.0776. The van der Waals surface area contributed by atoms with Crippen molar-refractivity contribution >= 4 is 56.9 Å². The van der Waals surface area contributed by atoms with Crippen LogP contribution in [0.1, 0.15) is 10.9 Å². The van der Waals surface area contributed by atoms with Crippen LogP contribution in [0.25, 0.3) is 11.0 Å². The van der Waals surface area contributed by atoms with Gasteiger partial charge in [-0.3, -0.25) is 15.2 Å². The van der Waals surface area contributed by atoms with Crippen molar-refractivity contribution in [3.63, 3.8) is 0 Å². The number of amidine groups is 1. The second-order valence-electron chi connectivity index (χ2n) is 5.94. The molecule has 134 valence electrons. The number of aliphatic imine (C=N–C) groups is 1. The molecule has 1 atom stereocenters. The summed E-state index contributed by atoms with van der Waals surface area (Å²) in [5, 5.41) is 6.51. The highest BCUT2D eigenvalue weighted by Crippen LogP contribution is 2.47. The molecule has 0 amide bonds. The van der Waals surface area contributed by atoms with Gasteiger partial charge < -0.3 is 4.42 Å². The average molecular weight is 414 g/mol. The van der Waals surface area contributed by atoms with Crippen LogP contribution in [-0.4, -0.2) is 10.2 Å². The molecule has 5 nitrogen and oxygen atoms in total. The standard InChI is InChI=1S/C19H12ClN3O2S2/c20-11-6-7-15-13(8-11)17(24)14(9-25-15)18-23-16(10-26-18)27-19(22-23)21-12-4-2-1-3-5-12/h1-10,18H,(H,21,22). The van der Waals surface area contributed by atoms with Crippen LogP contribution < -0.4 is 10.9 Å². The monoisotopic (exact) mass is 413 g/mol. The quantitative estimate of drug-likeness (QED) is 0.620. The third kappa shape index (κ3) is 3.01. The molecule has 1 unspecified atom stereocenters. The number of nitrogens with zero attached hydrogens (tertiary/aromatic N) is 2. The van der Waals surface area contributed by atoms with Crippen LogP contribution in [0.3, 0.4) is 0 Å². The van der Waals surface area contributed by atoms with Crippen LogP contribution in [0.15, 0.2) is 79.4 Å². The Morgan fingerprint density at radius 2 is 2.04 bits per heavy atom. The molecule has 1 saturated heterocycles. The van der Waals surface area contributed by atoms with E-state index in [2.05, 4.69) is 10.4 Å². The van der Waals surface area contributed by atoms with Crippen molar-refractivity contribution in [3.8, 4) is 0 Å². The first-order chi connectivity index (χ1) is 13.2. The largest absolute Gasteiger partial charge is 0.464 e. The lowest BCUT2D eigenvalue weighted by molar-refractivity contribution is 0.322. The molecule has 0 spiro atoms. The molecule has 1 aromatic heterocycles. The predicted octanol–water partition coefficient (Wildman–Crippen LogP) is 5.23. The van der Waals surface area contributed by atoms with Crippen molar-refractivity contribution in [1.29, 1.82) is 0 Å². The van der Waals surface area contributed by atoms with E-state index in [0.717, 1.165) is 15.9 Å². The lowest BCUT2D eigenvalue weighted by atomic mass is 10.1. The van der Waals surface area contributed by atoms with Crippen molar-refractivity contribution in [2.75, 3.05) is 0 Å². The smallest absolute Gasteiger partial charge is 0.198 e. The van der Waals surface area contributed by atoms with E-state index in [9.17, 15) is 4.79 Å². The molecule has 2 aromatic carbocycles. The first kappa shape index (κ1) is 16.8. The summed E-state index contributed by atoms with van der Waals surface area (Å²) in [4.78, 5) is 17.6. The number of hydrogen-bond acceptors (Lipinski definition) is 6. The second-order valence-corrected chi connectivity index (χ2v) is 8.34. The number of halogens is 1. The number of para-hydroxylation sites is 1. The number of hydrogen-bond donors (Lipinski definition) is 1. The van der Waals surface area contributed by atoms with E-state index in [1.807, 2.05) is 40.7 Å². The molecule has 3 aromatic rings. The number of benzene rings is 2. The molecule has 2 aliphatic heterocycles. The molecular formula is C19H12ClN3O2S2. The van der Waals surface area contributed by atoms with Crippen molar-refractivity contribution in [3.05, 3.63) is 86.0 Å². The van der Waals surface area contributed by atoms with E-state index < -0.39 is 0 Å². The van der Waals surface area contributed by atoms with Gasteiger partial charge in [-0.1, -0.05) is 41.6 Å². The van der Waals surface area contributed by atoms with Gasteiger partial charge in [0.25, 0.3) is 0 Å². The molecule has 3 heterocycles. The maximum atomic E-state index is 13.0. The van der Waals surface area contributed by atoms with Gasteiger partial charge in [-0.05, 0) is 42.1 Å². The minimum Gasteiger partial charge on any atom is -0.464 e. The van der Waals surface area contributed by atoms with Crippen molar-refractivity contribution in [2.45, 2.75) is 5.37 Å². The Kier molecular flexibility index (Phi) is 4.15. The lowest BCUT2D eigenvalue weighted by Gasteiger charge is -2.22. The lowest BCUT2D eigenvalue weighted by Crippen LogP contribution is -2.34. The van der Waals surface area contributed by atoms with Crippen molar-refractivity contribution in [2.24, 2.45) is 4.99 Å². The normalized spacial score (nSPS) is 20.0. The van der Waals surface area contributed by atoms with Crippen LogP contribution >= 0.6 is 35.1 Å². The van der Waals surface area contributed by atoms with Gasteiger partial charge in [0, 0.05) is 10.4 Å². The van der Waals surface area contributed by atoms with E-state index in [4.69, 9.17) is 16.0 Å². The predicted molar refractivity (Wildman–Crippen MR) is 112 cm³/mol. The topological polar surface area (TPSA) is 57.8 Å². The van der Waals surface area contributed by atoms with E-state index in [0.29, 0.717) is 21.6 Å². The molecule has 1 fully saturated rings. The zero-order chi connectivity index (χ0) is 18.4. The minimum atomic E-state index is -0.226. The Bertz CT molecular complexity index is 1160. The zero-order valence-electron chi connectivity index (χ0n) is 13.8. The second kappa shape index (κ2) is 6.67. The summed E-state index contributed by atoms with van der Waals surface area (Å²) in [6, 6.07) is 14.8. The Labute approximate surface area is 168 Å². The molecule has 0 bridgehead atoms. The SMILES string of the molecule is O=c1c(C2SC=C3SC(=Nc4ccccc4)NN32)coc2ccc(Cl)cc12. The van der Waals surface area contributed by atoms with E-state index in [1.54, 1.807) is 30.0 Å². The summed E-state index contributed by atoms with van der Waals surface area (Å²) >= 11 is 9.14. The summed E-state index contributed by atoms with van der Waals surface area (Å²) < 4.78 is 5.68. The maximum Gasteiger partial charge on any atom is 0.198 e. The fourth-order valence-electron chi connectivity index (χ4n) is 2.94. The van der Waals surface area contributed by atoms with Gasteiger partial charge >= 0.3 is 0 Å². The first-order valence-electron chi connectivity index (χ1n) is 8.13. The van der Waals surface area contributed by atoms with Gasteiger partial charge in [-0.2, -0.15) is 0 Å². The number of fused-ring (bicyclic) bond motifs is 2. The van der Waals surface area contributed by atoms with Gasteiger partial charge in [-0.15, -0.1) is 0 Å². The third-order valence-electron chi connectivity index (χ3n) is 4.20. The molecule has 0 saturated carbocycles. The number of nitrogens with one attached hydrogen (secondary N) is 1. The van der Waals surface area contributed by atoms with Gasteiger partial charge in [0.2, 0.25) is 0 Å². The first-order valence-corrected chi connectivity index (χ1v) is 10.3. The number of rotatable bonds is 2. The molecule has 0 aliphatic carbocycles. The molecule has 27 heavy (non-hydrogen) atoms. The number of thioether (sulfide) groups is 2. The molecule has 8 heteroatoms. The van der Waals surface area contributed by atoms with E-state index >= 15 is 0 Å². The fourth-order valence-corrected chi connectivity index (χ4v) is 5.23. The van der Waals surface area contributed by atoms with Gasteiger partial charge in [0.05, 0.1) is 16.6 Å². The fraction of sp³-hybridized carbons (Fsp3) is 0.0526. The molecule has 5 rings (SSSR count). The Balaban J connectivity index is 1.48. The van der Waals surface area contributed by atoms with Crippen LogP contribution in [0.5, 0.6) is 0 Å². The maximum absolute atomic E-state index is 13.0. The highest BCUT2D eigenvalue weighted by molar-refractivity contribution is 8.18. The summed E-state index contributed by atoms with van der Waals surface area (Å²) in [6.07, 6.45) is 1.53. The summed E-state index contributed by atoms with van der Waals surface area (Å²) in [7, 11) is 0. The van der Waals surface area contributed by atoms with Crippen LogP contribution in [0.4, 0.5) is 5.69 Å². The summed E-state index contributed by atoms with van der Waals surface area (Å²) in [6.45, 7) is 0. The molecular weight excluding hydrogens is 402 g/mol. The third-order valence-corrected chi connectivity index (χ3v) is 6.57. The Morgan fingerprint density at radius 3 is 2.89 bits per heavy atom. The summed E-state index contributed by atoms with van der Waals surface area (Å²) in [5.74, 6) is 0. The molecule has 1 N–H and O–H groups in total. The van der Waals surface area contributed by atoms with E-state index in [-0.39, 0.29) is 10.8 Å². The highest BCUT2D eigenvalue weighted by atomic mass is 35.5.